The van der Waals surface area contributed by atoms with Gasteiger partial charge in [0.15, 0.2) is 15.5 Å². The summed E-state index contributed by atoms with van der Waals surface area (Å²) in [7, 11) is -4.76. The van der Waals surface area contributed by atoms with Crippen molar-refractivity contribution in [1.29, 1.82) is 0 Å². The molecule has 4 aromatic carbocycles. The molecule has 272 valence electrons. The molecule has 1 aliphatic rings. The lowest BCUT2D eigenvalue weighted by molar-refractivity contribution is -0.147. The molecule has 1 heterocycles. The molecular weight excluding hydrogens is 695 g/mol. The fraction of sp³-hybridized carbons (Fsp3) is 0.263. The fourth-order valence-corrected chi connectivity index (χ4v) is 8.24. The average Bonchev–Trinajstić information content (AvgIpc) is 3.47. The topological polar surface area (TPSA) is 151 Å². The van der Waals surface area contributed by atoms with E-state index in [4.69, 9.17) is 4.74 Å². The van der Waals surface area contributed by atoms with Gasteiger partial charge in [-0.15, -0.1) is 0 Å². The number of carbonyl (C=O) groups excluding carboxylic acids is 4. The first-order chi connectivity index (χ1) is 24.7. The minimum Gasteiger partial charge on any atom is -0.457 e. The molecule has 1 saturated heterocycles. The Kier molecular flexibility index (Phi) is 11.4. The van der Waals surface area contributed by atoms with Crippen molar-refractivity contribution >= 4 is 39.3 Å². The van der Waals surface area contributed by atoms with E-state index < -0.39 is 73.6 Å². The maximum Gasteiger partial charge on any atom is 0.338 e. The standard InChI is InChI=1S/C38H38F2N4O7S/c1-24(2)22-41-36(47)38(43-37(48)42-28-15-11-14-27(20-28)35(46)51-23-26-12-5-4-6-13-26)21-33(52(49,50)32-19-10-9-18-31(32)40)34(44(38)25(3)45)29-16-7-8-17-30(29)39/h4-20,24,33-34H,21-23H2,1-3H3,(H,41,47)(H2,42,43,48). The maximum absolute atomic E-state index is 15.6. The zero-order valence-corrected chi connectivity index (χ0v) is 29.5. The third-order valence-corrected chi connectivity index (χ3v) is 10.7. The molecule has 5 rings (SSSR count). The van der Waals surface area contributed by atoms with Crippen molar-refractivity contribution in [3.63, 3.8) is 0 Å². The highest BCUT2D eigenvalue weighted by molar-refractivity contribution is 7.92. The van der Waals surface area contributed by atoms with Crippen LogP contribution in [0.4, 0.5) is 19.3 Å². The summed E-state index contributed by atoms with van der Waals surface area (Å²) < 4.78 is 64.7. The van der Waals surface area contributed by atoms with E-state index in [1.807, 2.05) is 6.07 Å². The minimum absolute atomic E-state index is 0.00678. The summed E-state index contributed by atoms with van der Waals surface area (Å²) in [6.07, 6.45) is -0.772. The van der Waals surface area contributed by atoms with E-state index in [2.05, 4.69) is 16.0 Å². The van der Waals surface area contributed by atoms with E-state index in [-0.39, 0.29) is 35.9 Å². The number of amides is 4. The van der Waals surface area contributed by atoms with Gasteiger partial charge in [0.2, 0.25) is 5.91 Å². The number of hydrogen-bond donors (Lipinski definition) is 3. The molecule has 52 heavy (non-hydrogen) atoms. The predicted octanol–water partition coefficient (Wildman–Crippen LogP) is 5.75. The van der Waals surface area contributed by atoms with Gasteiger partial charge in [0.05, 0.1) is 16.9 Å². The number of rotatable bonds is 11. The summed E-state index contributed by atoms with van der Waals surface area (Å²) >= 11 is 0. The van der Waals surface area contributed by atoms with Crippen LogP contribution in [0.2, 0.25) is 0 Å². The Balaban J connectivity index is 1.54. The molecule has 3 N–H and O–H groups in total. The molecule has 0 bridgehead atoms. The quantitative estimate of drug-likeness (QED) is 0.166. The SMILES string of the molecule is CC(=O)N1C(c2ccccc2F)C(S(=O)(=O)c2ccccc2F)CC1(NC(=O)Nc1cccc(C(=O)OCc2ccccc2)c1)C(=O)NCC(C)C. The van der Waals surface area contributed by atoms with Crippen LogP contribution in [0, 0.1) is 17.6 Å². The first-order valence-corrected chi connectivity index (χ1v) is 18.0. The van der Waals surface area contributed by atoms with E-state index >= 15 is 8.78 Å². The van der Waals surface area contributed by atoms with Gasteiger partial charge in [0.25, 0.3) is 5.91 Å². The Labute approximate surface area is 300 Å². The number of carbonyl (C=O) groups is 4. The Hall–Kier alpha value is -5.63. The lowest BCUT2D eigenvalue weighted by Crippen LogP contribution is -2.67. The van der Waals surface area contributed by atoms with Crippen LogP contribution in [0.1, 0.15) is 54.7 Å². The number of hydrogen-bond acceptors (Lipinski definition) is 7. The second-order valence-electron chi connectivity index (χ2n) is 12.8. The Morgan fingerprint density at radius 1 is 0.885 bits per heavy atom. The lowest BCUT2D eigenvalue weighted by atomic mass is 10.0. The zero-order valence-electron chi connectivity index (χ0n) is 28.6. The summed E-state index contributed by atoms with van der Waals surface area (Å²) in [6.45, 7) is 4.73. The van der Waals surface area contributed by atoms with Gasteiger partial charge >= 0.3 is 12.0 Å². The number of nitrogens with zero attached hydrogens (tertiary/aromatic N) is 1. The molecule has 0 aliphatic carbocycles. The molecule has 14 heteroatoms. The number of anilines is 1. The second-order valence-corrected chi connectivity index (χ2v) is 14.9. The molecule has 3 unspecified atom stereocenters. The largest absolute Gasteiger partial charge is 0.457 e. The first-order valence-electron chi connectivity index (χ1n) is 16.5. The van der Waals surface area contributed by atoms with Gasteiger partial charge < -0.3 is 25.6 Å². The summed E-state index contributed by atoms with van der Waals surface area (Å²) in [5.41, 5.74) is -1.73. The molecule has 3 atom stereocenters. The molecule has 1 aliphatic heterocycles. The van der Waals surface area contributed by atoms with Crippen LogP contribution in [0.3, 0.4) is 0 Å². The highest BCUT2D eigenvalue weighted by atomic mass is 32.2. The number of halogens is 2. The molecule has 0 radical (unpaired) electrons. The van der Waals surface area contributed by atoms with Gasteiger partial charge in [-0.05, 0) is 47.9 Å². The van der Waals surface area contributed by atoms with Crippen LogP contribution in [0.15, 0.2) is 108 Å². The molecule has 0 spiro atoms. The van der Waals surface area contributed by atoms with Gasteiger partial charge in [0.1, 0.15) is 23.1 Å². The summed E-state index contributed by atoms with van der Waals surface area (Å²) in [5.74, 6) is -4.57. The number of esters is 1. The van der Waals surface area contributed by atoms with Crippen molar-refractivity contribution in [2.75, 3.05) is 11.9 Å². The Morgan fingerprint density at radius 3 is 2.19 bits per heavy atom. The van der Waals surface area contributed by atoms with E-state index in [1.165, 1.54) is 54.6 Å². The molecule has 4 aromatic rings. The van der Waals surface area contributed by atoms with Crippen LogP contribution < -0.4 is 16.0 Å². The van der Waals surface area contributed by atoms with Crippen molar-refractivity contribution in [2.45, 2.75) is 55.6 Å². The van der Waals surface area contributed by atoms with Gasteiger partial charge in [-0.2, -0.15) is 0 Å². The fourth-order valence-electron chi connectivity index (χ4n) is 6.24. The van der Waals surface area contributed by atoms with E-state index in [1.54, 1.807) is 38.1 Å². The normalized spacial score (nSPS) is 18.5. The lowest BCUT2D eigenvalue weighted by Gasteiger charge is -2.40. The molecule has 4 amide bonds. The van der Waals surface area contributed by atoms with Crippen LogP contribution in [-0.4, -0.2) is 54.6 Å². The zero-order chi connectivity index (χ0) is 37.6. The van der Waals surface area contributed by atoms with Gasteiger partial charge in [0, 0.05) is 31.1 Å². The van der Waals surface area contributed by atoms with Crippen molar-refractivity contribution in [1.82, 2.24) is 15.5 Å². The van der Waals surface area contributed by atoms with Crippen molar-refractivity contribution in [3.05, 3.63) is 131 Å². The molecule has 0 aromatic heterocycles. The monoisotopic (exact) mass is 732 g/mol. The van der Waals surface area contributed by atoms with Crippen LogP contribution in [0.25, 0.3) is 0 Å². The Morgan fingerprint density at radius 2 is 1.54 bits per heavy atom. The number of benzene rings is 4. The number of ether oxygens (including phenoxy) is 1. The summed E-state index contributed by atoms with van der Waals surface area (Å²) in [4.78, 5) is 54.7. The molecular formula is C38H38F2N4O7S. The Bertz CT molecular complexity index is 2080. The van der Waals surface area contributed by atoms with Crippen molar-refractivity contribution in [2.24, 2.45) is 5.92 Å². The van der Waals surface area contributed by atoms with Crippen molar-refractivity contribution in [3.8, 4) is 0 Å². The van der Waals surface area contributed by atoms with Gasteiger partial charge in [-0.3, -0.25) is 9.59 Å². The maximum atomic E-state index is 15.6. The van der Waals surface area contributed by atoms with Crippen molar-refractivity contribution < 1.29 is 41.1 Å². The molecule has 0 saturated carbocycles. The summed E-state index contributed by atoms with van der Waals surface area (Å²) in [5, 5.41) is 5.94. The first kappa shape index (κ1) is 37.6. The third kappa shape index (κ3) is 7.96. The summed E-state index contributed by atoms with van der Waals surface area (Å²) in [6, 6.07) is 21.8. The van der Waals surface area contributed by atoms with Gasteiger partial charge in [-0.25, -0.2) is 26.8 Å². The number of urea groups is 1. The number of nitrogens with one attached hydrogen (secondary N) is 3. The average molecular weight is 733 g/mol. The van der Waals surface area contributed by atoms with E-state index in [0.29, 0.717) is 0 Å². The number of likely N-dealkylation sites (tertiary alicyclic amines) is 1. The van der Waals surface area contributed by atoms with E-state index in [9.17, 15) is 27.6 Å². The van der Waals surface area contributed by atoms with Crippen LogP contribution in [-0.2, 0) is 30.8 Å². The van der Waals surface area contributed by atoms with Crippen LogP contribution in [0.5, 0.6) is 0 Å². The highest BCUT2D eigenvalue weighted by Crippen LogP contribution is 2.48. The second kappa shape index (κ2) is 15.7. The molecule has 1 fully saturated rings. The molecule has 11 nitrogen and oxygen atoms in total. The third-order valence-electron chi connectivity index (χ3n) is 8.58. The number of sulfone groups is 1. The predicted molar refractivity (Wildman–Crippen MR) is 188 cm³/mol. The van der Waals surface area contributed by atoms with Gasteiger partial charge in [-0.1, -0.05) is 80.6 Å². The van der Waals surface area contributed by atoms with E-state index in [0.717, 1.165) is 35.6 Å². The minimum atomic E-state index is -4.76. The smallest absolute Gasteiger partial charge is 0.338 e. The highest BCUT2D eigenvalue weighted by Gasteiger charge is 2.63. The van der Waals surface area contributed by atoms with Crippen LogP contribution >= 0.6 is 0 Å².